The Labute approximate surface area is 307 Å². The van der Waals surface area contributed by atoms with Gasteiger partial charge in [-0.05, 0) is 38.5 Å². The van der Waals surface area contributed by atoms with Gasteiger partial charge in [-0.15, -0.1) is 53.3 Å². The van der Waals surface area contributed by atoms with Crippen molar-refractivity contribution in [2.45, 2.75) is 214 Å². The second kappa shape index (κ2) is 46.9. The second-order valence-electron chi connectivity index (χ2n) is 14.1. The van der Waals surface area contributed by atoms with Crippen molar-refractivity contribution in [1.29, 1.82) is 0 Å². The van der Waals surface area contributed by atoms with E-state index in [1.807, 2.05) is 0 Å². The molecule has 0 saturated heterocycles. The summed E-state index contributed by atoms with van der Waals surface area (Å²) in [5, 5.41) is 0. The molecular formula is C48H86. The Bertz CT molecular complexity index is 844. The van der Waals surface area contributed by atoms with E-state index in [1.165, 1.54) is 83.5 Å². The summed E-state index contributed by atoms with van der Waals surface area (Å²) in [6, 6.07) is 0. The van der Waals surface area contributed by atoms with E-state index < -0.39 is 0 Å². The monoisotopic (exact) mass is 663 g/mol. The standard InChI is InChI=1S/3C10H18.C9H16.C8H12.CH4/c3*1-4-5-6-7-8-9-10(2)3;1-4-5-6-7-8-9(2)3;1-7(2)3-4-8-5-6-8;/h3*10H,4-7H2,1-3H3;9H,4-6H2,1-3H3;7-8H,5-6H2,1-2H3;1H4. The van der Waals surface area contributed by atoms with E-state index in [0.717, 1.165) is 31.6 Å². The van der Waals surface area contributed by atoms with E-state index in [2.05, 4.69) is 156 Å². The molecule has 0 radical (unpaired) electrons. The predicted octanol–water partition coefficient (Wildman–Crippen LogP) is 15.2. The topological polar surface area (TPSA) is 0 Å². The lowest BCUT2D eigenvalue weighted by Gasteiger charge is -1.90. The van der Waals surface area contributed by atoms with Gasteiger partial charge in [-0.2, -0.15) is 0 Å². The quantitative estimate of drug-likeness (QED) is 0.153. The van der Waals surface area contributed by atoms with Crippen molar-refractivity contribution in [2.24, 2.45) is 35.5 Å². The molecule has 1 saturated carbocycles. The Hall–Kier alpha value is -2.20. The van der Waals surface area contributed by atoms with Crippen LogP contribution in [0, 0.1) is 94.7 Å². The molecule has 1 aliphatic carbocycles. The highest BCUT2D eigenvalue weighted by Gasteiger charge is 2.17. The minimum absolute atomic E-state index is 0. The molecule has 0 heteroatoms. The molecule has 0 bridgehead atoms. The van der Waals surface area contributed by atoms with Crippen LogP contribution in [-0.4, -0.2) is 0 Å². The summed E-state index contributed by atoms with van der Waals surface area (Å²) in [6.45, 7) is 30.2. The Morgan fingerprint density at radius 1 is 0.375 bits per heavy atom. The molecule has 0 atom stereocenters. The zero-order chi connectivity index (χ0) is 36.6. The lowest BCUT2D eigenvalue weighted by molar-refractivity contribution is 0.735. The van der Waals surface area contributed by atoms with Crippen LogP contribution in [0.4, 0.5) is 0 Å². The molecule has 0 unspecified atom stereocenters. The average molecular weight is 663 g/mol. The Morgan fingerprint density at radius 3 is 0.833 bits per heavy atom. The molecule has 0 aromatic heterocycles. The fourth-order valence-corrected chi connectivity index (χ4v) is 3.27. The van der Waals surface area contributed by atoms with Gasteiger partial charge in [0.1, 0.15) is 0 Å². The van der Waals surface area contributed by atoms with Gasteiger partial charge >= 0.3 is 0 Å². The summed E-state index contributed by atoms with van der Waals surface area (Å²) in [6.07, 6.45) is 21.2. The highest BCUT2D eigenvalue weighted by molar-refractivity contribution is 5.10. The SMILES string of the molecule is C.CC(C)C#CC1CC1.CCCCC#CC(C)C.CCCCCC#CC(C)C.CCCCCC#CC(C)C.CCCCCC#CC(C)C. The van der Waals surface area contributed by atoms with Crippen molar-refractivity contribution < 1.29 is 0 Å². The second-order valence-corrected chi connectivity index (χ2v) is 14.1. The van der Waals surface area contributed by atoms with Gasteiger partial charge in [0.2, 0.25) is 0 Å². The number of unbranched alkanes of at least 4 members (excludes halogenated alkanes) is 11. The number of rotatable bonds is 11. The minimum Gasteiger partial charge on any atom is -0.103 e. The molecule has 0 heterocycles. The largest absolute Gasteiger partial charge is 0.103 e. The lowest BCUT2D eigenvalue weighted by Crippen LogP contribution is -1.78. The van der Waals surface area contributed by atoms with Gasteiger partial charge in [-0.1, -0.05) is 155 Å². The Kier molecular flexibility index (Phi) is 54.0. The van der Waals surface area contributed by atoms with Crippen LogP contribution in [0.3, 0.4) is 0 Å². The highest BCUT2D eigenvalue weighted by atomic mass is 14.2. The fourth-order valence-electron chi connectivity index (χ4n) is 3.27. The lowest BCUT2D eigenvalue weighted by atomic mass is 10.2. The van der Waals surface area contributed by atoms with E-state index in [4.69, 9.17) is 0 Å². The van der Waals surface area contributed by atoms with Gasteiger partial charge in [-0.25, -0.2) is 0 Å². The van der Waals surface area contributed by atoms with Crippen LogP contribution in [0.2, 0.25) is 0 Å². The van der Waals surface area contributed by atoms with E-state index in [-0.39, 0.29) is 7.43 Å². The molecule has 0 aromatic carbocycles. The van der Waals surface area contributed by atoms with Crippen LogP contribution in [-0.2, 0) is 0 Å². The molecule has 0 aromatic rings. The van der Waals surface area contributed by atoms with Crippen LogP contribution < -0.4 is 0 Å². The maximum absolute atomic E-state index is 3.21. The third-order valence-electron chi connectivity index (χ3n) is 6.09. The van der Waals surface area contributed by atoms with Crippen LogP contribution in [0.1, 0.15) is 214 Å². The maximum atomic E-state index is 3.21. The summed E-state index contributed by atoms with van der Waals surface area (Å²) in [5.74, 6) is 35.1. The summed E-state index contributed by atoms with van der Waals surface area (Å²) in [7, 11) is 0. The minimum atomic E-state index is 0. The van der Waals surface area contributed by atoms with Gasteiger partial charge in [0.25, 0.3) is 0 Å². The third-order valence-corrected chi connectivity index (χ3v) is 6.09. The molecule has 1 rings (SSSR count). The molecule has 0 aliphatic heterocycles. The van der Waals surface area contributed by atoms with Crippen molar-refractivity contribution >= 4 is 0 Å². The Balaban J connectivity index is -0.000000160. The molecule has 1 aliphatic rings. The Morgan fingerprint density at radius 2 is 0.625 bits per heavy atom. The first-order valence-corrected chi connectivity index (χ1v) is 19.8. The molecule has 278 valence electrons. The first-order chi connectivity index (χ1) is 22.4. The van der Waals surface area contributed by atoms with Gasteiger partial charge in [0.15, 0.2) is 0 Å². The van der Waals surface area contributed by atoms with Crippen LogP contribution >= 0.6 is 0 Å². The van der Waals surface area contributed by atoms with Crippen LogP contribution in [0.25, 0.3) is 0 Å². The smallest absolute Gasteiger partial charge is 0.0203 e. The summed E-state index contributed by atoms with van der Waals surface area (Å²) in [4.78, 5) is 0. The van der Waals surface area contributed by atoms with E-state index >= 15 is 0 Å². The van der Waals surface area contributed by atoms with E-state index in [0.29, 0.717) is 29.6 Å². The van der Waals surface area contributed by atoms with Crippen molar-refractivity contribution in [1.82, 2.24) is 0 Å². The van der Waals surface area contributed by atoms with Gasteiger partial charge < -0.3 is 0 Å². The molecule has 0 N–H and O–H groups in total. The average Bonchev–Trinajstić information content (AvgIpc) is 3.84. The highest BCUT2D eigenvalue weighted by Crippen LogP contribution is 2.27. The molecular weight excluding hydrogens is 577 g/mol. The van der Waals surface area contributed by atoms with Gasteiger partial charge in [0, 0.05) is 61.2 Å². The van der Waals surface area contributed by atoms with Crippen molar-refractivity contribution in [3.63, 3.8) is 0 Å². The zero-order valence-electron chi connectivity index (χ0n) is 34.5. The molecule has 0 amide bonds. The van der Waals surface area contributed by atoms with Crippen molar-refractivity contribution in [3.8, 4) is 59.2 Å². The van der Waals surface area contributed by atoms with Crippen molar-refractivity contribution in [2.75, 3.05) is 0 Å². The predicted molar refractivity (Wildman–Crippen MR) is 224 cm³/mol. The summed E-state index contributed by atoms with van der Waals surface area (Å²) >= 11 is 0. The normalized spacial score (nSPS) is 10.4. The fraction of sp³-hybridized carbons (Fsp3) is 0.792. The summed E-state index contributed by atoms with van der Waals surface area (Å²) in [5.41, 5.74) is 0. The number of hydrogen-bond donors (Lipinski definition) is 0. The maximum Gasteiger partial charge on any atom is 0.0203 e. The van der Waals surface area contributed by atoms with Crippen LogP contribution in [0.15, 0.2) is 0 Å². The molecule has 0 spiro atoms. The molecule has 0 nitrogen and oxygen atoms in total. The van der Waals surface area contributed by atoms with E-state index in [1.54, 1.807) is 0 Å². The van der Waals surface area contributed by atoms with Gasteiger partial charge in [-0.3, -0.25) is 0 Å². The van der Waals surface area contributed by atoms with Crippen molar-refractivity contribution in [3.05, 3.63) is 0 Å². The molecule has 48 heavy (non-hydrogen) atoms. The van der Waals surface area contributed by atoms with Crippen LogP contribution in [0.5, 0.6) is 0 Å². The first kappa shape index (κ1) is 55.2. The van der Waals surface area contributed by atoms with E-state index in [9.17, 15) is 0 Å². The third kappa shape index (κ3) is 74.6. The summed E-state index contributed by atoms with van der Waals surface area (Å²) < 4.78 is 0. The zero-order valence-corrected chi connectivity index (χ0v) is 34.5. The first-order valence-electron chi connectivity index (χ1n) is 19.8. The van der Waals surface area contributed by atoms with Gasteiger partial charge in [0.05, 0.1) is 0 Å². The molecule has 1 fully saturated rings. The number of hydrogen-bond acceptors (Lipinski definition) is 0.